The second-order valence-electron chi connectivity index (χ2n) is 5.19. The molecule has 0 saturated carbocycles. The molecular formula is C16H18ClN3O. The number of aryl methyl sites for hydroxylation is 2. The molecule has 4 nitrogen and oxygen atoms in total. The van der Waals surface area contributed by atoms with Crippen molar-refractivity contribution in [3.8, 4) is 0 Å². The van der Waals surface area contributed by atoms with Gasteiger partial charge in [-0.1, -0.05) is 35.4 Å². The second kappa shape index (κ2) is 6.14. The van der Waals surface area contributed by atoms with Gasteiger partial charge < -0.3 is 10.6 Å². The zero-order valence-electron chi connectivity index (χ0n) is 12.4. The van der Waals surface area contributed by atoms with Gasteiger partial charge in [-0.05, 0) is 31.0 Å². The highest BCUT2D eigenvalue weighted by atomic mass is 35.5. The molecule has 0 saturated heterocycles. The van der Waals surface area contributed by atoms with Crippen LogP contribution in [0.25, 0.3) is 0 Å². The Hall–Kier alpha value is -2.07. The van der Waals surface area contributed by atoms with Gasteiger partial charge in [-0.25, -0.2) is 4.98 Å². The number of rotatable bonds is 3. The van der Waals surface area contributed by atoms with Gasteiger partial charge in [-0.2, -0.15) is 0 Å². The minimum absolute atomic E-state index is 0.170. The van der Waals surface area contributed by atoms with Crippen molar-refractivity contribution in [2.45, 2.75) is 20.4 Å². The number of carbonyl (C=O) groups excluding carboxylic acids is 1. The van der Waals surface area contributed by atoms with Gasteiger partial charge in [0.2, 0.25) is 0 Å². The number of halogens is 1. The van der Waals surface area contributed by atoms with Gasteiger partial charge in [-0.3, -0.25) is 4.79 Å². The molecule has 2 rings (SSSR count). The SMILES string of the molecule is Cc1ccc(CN(C)C(=O)c2cc(Cl)ncc2N)c(C)c1. The summed E-state index contributed by atoms with van der Waals surface area (Å²) in [5.41, 5.74) is 9.98. The van der Waals surface area contributed by atoms with Crippen molar-refractivity contribution in [3.05, 3.63) is 57.9 Å². The fourth-order valence-electron chi connectivity index (χ4n) is 2.18. The van der Waals surface area contributed by atoms with Crippen LogP contribution < -0.4 is 5.73 Å². The monoisotopic (exact) mass is 303 g/mol. The van der Waals surface area contributed by atoms with E-state index in [-0.39, 0.29) is 11.1 Å². The number of amides is 1. The van der Waals surface area contributed by atoms with Gasteiger partial charge in [0.1, 0.15) is 5.15 Å². The maximum absolute atomic E-state index is 12.5. The smallest absolute Gasteiger partial charge is 0.256 e. The Labute approximate surface area is 129 Å². The van der Waals surface area contributed by atoms with E-state index in [9.17, 15) is 4.79 Å². The van der Waals surface area contributed by atoms with Gasteiger partial charge in [0.05, 0.1) is 17.4 Å². The summed E-state index contributed by atoms with van der Waals surface area (Å²) in [5.74, 6) is -0.170. The second-order valence-corrected chi connectivity index (χ2v) is 5.57. The van der Waals surface area contributed by atoms with E-state index in [2.05, 4.69) is 11.1 Å². The van der Waals surface area contributed by atoms with Crippen LogP contribution >= 0.6 is 11.6 Å². The Morgan fingerprint density at radius 2 is 2.05 bits per heavy atom. The van der Waals surface area contributed by atoms with E-state index in [0.717, 1.165) is 11.1 Å². The number of carbonyl (C=O) groups is 1. The third-order valence-corrected chi connectivity index (χ3v) is 3.59. The van der Waals surface area contributed by atoms with E-state index < -0.39 is 0 Å². The van der Waals surface area contributed by atoms with Gasteiger partial charge in [0.25, 0.3) is 5.91 Å². The minimum Gasteiger partial charge on any atom is -0.397 e. The zero-order chi connectivity index (χ0) is 15.6. The van der Waals surface area contributed by atoms with E-state index in [0.29, 0.717) is 17.8 Å². The van der Waals surface area contributed by atoms with E-state index in [1.54, 1.807) is 11.9 Å². The van der Waals surface area contributed by atoms with Crippen LogP contribution in [0.1, 0.15) is 27.0 Å². The third-order valence-electron chi connectivity index (χ3n) is 3.38. The van der Waals surface area contributed by atoms with E-state index >= 15 is 0 Å². The molecule has 21 heavy (non-hydrogen) atoms. The highest BCUT2D eigenvalue weighted by molar-refractivity contribution is 6.29. The van der Waals surface area contributed by atoms with Gasteiger partial charge in [-0.15, -0.1) is 0 Å². The summed E-state index contributed by atoms with van der Waals surface area (Å²) in [5, 5.41) is 0.257. The molecule has 0 aliphatic rings. The van der Waals surface area contributed by atoms with Gasteiger partial charge in [0.15, 0.2) is 0 Å². The number of nitrogens with two attached hydrogens (primary N) is 1. The summed E-state index contributed by atoms with van der Waals surface area (Å²) in [6, 6.07) is 7.68. The Morgan fingerprint density at radius 3 is 2.71 bits per heavy atom. The molecule has 1 aromatic carbocycles. The molecule has 0 atom stereocenters. The lowest BCUT2D eigenvalue weighted by molar-refractivity contribution is 0.0786. The first kappa shape index (κ1) is 15.3. The average molecular weight is 304 g/mol. The van der Waals surface area contributed by atoms with Crippen LogP contribution in [0.15, 0.2) is 30.5 Å². The number of nitrogens with zero attached hydrogens (tertiary/aromatic N) is 2. The van der Waals surface area contributed by atoms with Crippen LogP contribution in [0.3, 0.4) is 0 Å². The molecule has 0 aliphatic heterocycles. The first-order chi connectivity index (χ1) is 9.88. The molecular weight excluding hydrogens is 286 g/mol. The third kappa shape index (κ3) is 3.52. The largest absolute Gasteiger partial charge is 0.397 e. The van der Waals surface area contributed by atoms with Crippen LogP contribution in [0, 0.1) is 13.8 Å². The van der Waals surface area contributed by atoms with Crippen molar-refractivity contribution in [1.82, 2.24) is 9.88 Å². The lowest BCUT2D eigenvalue weighted by atomic mass is 10.1. The minimum atomic E-state index is -0.170. The molecule has 0 radical (unpaired) electrons. The lowest BCUT2D eigenvalue weighted by Crippen LogP contribution is -2.27. The highest BCUT2D eigenvalue weighted by Gasteiger charge is 2.16. The van der Waals surface area contributed by atoms with Crippen molar-refractivity contribution in [2.75, 3.05) is 12.8 Å². The molecule has 0 spiro atoms. The summed E-state index contributed by atoms with van der Waals surface area (Å²) >= 11 is 5.83. The molecule has 2 aromatic rings. The molecule has 0 fully saturated rings. The first-order valence-electron chi connectivity index (χ1n) is 6.61. The quantitative estimate of drug-likeness (QED) is 0.886. The molecule has 1 amide bonds. The van der Waals surface area contributed by atoms with Crippen LogP contribution in [0.2, 0.25) is 5.15 Å². The van der Waals surface area contributed by atoms with Crippen molar-refractivity contribution >= 4 is 23.2 Å². The van der Waals surface area contributed by atoms with E-state index in [1.807, 2.05) is 26.0 Å². The van der Waals surface area contributed by atoms with Crippen molar-refractivity contribution < 1.29 is 4.79 Å². The first-order valence-corrected chi connectivity index (χ1v) is 6.99. The molecule has 1 heterocycles. The maximum Gasteiger partial charge on any atom is 0.256 e. The number of aromatic nitrogens is 1. The van der Waals surface area contributed by atoms with Crippen molar-refractivity contribution in [2.24, 2.45) is 0 Å². The Balaban J connectivity index is 2.21. The number of anilines is 1. The van der Waals surface area contributed by atoms with E-state index in [1.165, 1.54) is 17.8 Å². The van der Waals surface area contributed by atoms with Crippen molar-refractivity contribution in [1.29, 1.82) is 0 Å². The molecule has 2 N–H and O–H groups in total. The number of benzene rings is 1. The molecule has 5 heteroatoms. The zero-order valence-corrected chi connectivity index (χ0v) is 13.1. The van der Waals surface area contributed by atoms with Crippen LogP contribution in [0.5, 0.6) is 0 Å². The molecule has 0 unspecified atom stereocenters. The predicted octanol–water partition coefficient (Wildman–Crippen LogP) is 3.21. The molecule has 110 valence electrons. The average Bonchev–Trinajstić information content (AvgIpc) is 2.43. The Morgan fingerprint density at radius 1 is 1.33 bits per heavy atom. The Kier molecular flexibility index (Phi) is 4.48. The summed E-state index contributed by atoms with van der Waals surface area (Å²) in [6.07, 6.45) is 1.40. The summed E-state index contributed by atoms with van der Waals surface area (Å²) in [4.78, 5) is 17.9. The Bertz CT molecular complexity index is 685. The summed E-state index contributed by atoms with van der Waals surface area (Å²) < 4.78 is 0. The van der Waals surface area contributed by atoms with Crippen LogP contribution in [-0.2, 0) is 6.54 Å². The maximum atomic E-state index is 12.5. The molecule has 0 aliphatic carbocycles. The van der Waals surface area contributed by atoms with E-state index in [4.69, 9.17) is 17.3 Å². The number of hydrogen-bond donors (Lipinski definition) is 1. The predicted molar refractivity (Wildman–Crippen MR) is 85.4 cm³/mol. The van der Waals surface area contributed by atoms with Crippen LogP contribution in [-0.4, -0.2) is 22.8 Å². The topological polar surface area (TPSA) is 59.2 Å². The normalized spacial score (nSPS) is 10.5. The fraction of sp³-hybridized carbons (Fsp3) is 0.250. The van der Waals surface area contributed by atoms with Crippen LogP contribution in [0.4, 0.5) is 5.69 Å². The standard InChI is InChI=1S/C16H18ClN3O/c1-10-4-5-12(11(2)6-10)9-20(3)16(21)13-7-15(17)19-8-14(13)18/h4-8H,9,18H2,1-3H3. The van der Waals surface area contributed by atoms with Gasteiger partial charge in [0, 0.05) is 13.6 Å². The molecule has 1 aromatic heterocycles. The number of hydrogen-bond acceptors (Lipinski definition) is 3. The highest BCUT2D eigenvalue weighted by Crippen LogP contribution is 2.19. The number of nitrogen functional groups attached to an aromatic ring is 1. The lowest BCUT2D eigenvalue weighted by Gasteiger charge is -2.19. The summed E-state index contributed by atoms with van der Waals surface area (Å²) in [7, 11) is 1.75. The van der Waals surface area contributed by atoms with Gasteiger partial charge >= 0.3 is 0 Å². The molecule has 0 bridgehead atoms. The fourth-order valence-corrected chi connectivity index (χ4v) is 2.34. The van der Waals surface area contributed by atoms with Crippen molar-refractivity contribution in [3.63, 3.8) is 0 Å². The number of pyridine rings is 1. The summed E-state index contributed by atoms with van der Waals surface area (Å²) in [6.45, 7) is 4.61.